The molecule has 0 fully saturated rings. The van der Waals surface area contributed by atoms with Crippen LogP contribution in [0.3, 0.4) is 0 Å². The fourth-order valence-electron chi connectivity index (χ4n) is 1.73. The van der Waals surface area contributed by atoms with Crippen LogP contribution in [0.4, 0.5) is 10.5 Å². The maximum Gasteiger partial charge on any atom is 0.344 e. The van der Waals surface area contributed by atoms with E-state index in [-0.39, 0.29) is 0 Å². The Morgan fingerprint density at radius 1 is 1.00 bits per heavy atom. The van der Waals surface area contributed by atoms with E-state index in [1.54, 1.807) is 30.3 Å². The lowest BCUT2D eigenvalue weighted by Crippen LogP contribution is -2.53. The summed E-state index contributed by atoms with van der Waals surface area (Å²) in [6.07, 6.45) is 0. The second-order valence-electron chi connectivity index (χ2n) is 4.22. The predicted molar refractivity (Wildman–Crippen MR) is 85.6 cm³/mol. The summed E-state index contributed by atoms with van der Waals surface area (Å²) in [5, 5.41) is 3.77. The number of nitrogens with two attached hydrogens (primary N) is 1. The molecule has 0 atom stereocenters. The molecule has 22 heavy (non-hydrogen) atoms. The van der Waals surface area contributed by atoms with Gasteiger partial charge >= 0.3 is 6.03 Å². The molecule has 0 spiro atoms. The molecule has 6 nitrogen and oxygen atoms in total. The molecular weight excluding hydrogens is 327 g/mol. The van der Waals surface area contributed by atoms with Gasteiger partial charge < -0.3 is 0 Å². The van der Waals surface area contributed by atoms with Crippen LogP contribution in [-0.4, -0.2) is 11.9 Å². The molecule has 2 rings (SSSR count). The van der Waals surface area contributed by atoms with E-state index in [2.05, 4.69) is 10.9 Å². The molecule has 0 bridgehead atoms. The number of amides is 3. The highest BCUT2D eigenvalue weighted by Gasteiger charge is 2.19. The van der Waals surface area contributed by atoms with Gasteiger partial charge in [-0.25, -0.2) is 9.80 Å². The molecule has 2 aromatic rings. The topological polar surface area (TPSA) is 87.5 Å². The SMILES string of the molecule is NNN(C(=O)NC(=O)c1ccccc1)c1cc(Cl)cc(Cl)c1. The smallest absolute Gasteiger partial charge is 0.272 e. The Balaban J connectivity index is 2.17. The second kappa shape index (κ2) is 7.24. The minimum atomic E-state index is -0.769. The second-order valence-corrected chi connectivity index (χ2v) is 5.09. The lowest BCUT2D eigenvalue weighted by molar-refractivity contribution is 0.0965. The van der Waals surface area contributed by atoms with Gasteiger partial charge in [0.15, 0.2) is 0 Å². The molecule has 0 unspecified atom stereocenters. The van der Waals surface area contributed by atoms with Gasteiger partial charge in [-0.1, -0.05) is 41.4 Å². The van der Waals surface area contributed by atoms with Crippen molar-refractivity contribution in [1.29, 1.82) is 0 Å². The fraction of sp³-hybridized carbons (Fsp3) is 0. The van der Waals surface area contributed by atoms with Crippen LogP contribution in [0.1, 0.15) is 10.4 Å². The Morgan fingerprint density at radius 3 is 2.14 bits per heavy atom. The van der Waals surface area contributed by atoms with Gasteiger partial charge in [0.1, 0.15) is 0 Å². The summed E-state index contributed by atoms with van der Waals surface area (Å²) < 4.78 is 0. The van der Waals surface area contributed by atoms with Crippen LogP contribution in [0, 0.1) is 0 Å². The molecule has 4 N–H and O–H groups in total. The first-order valence-corrected chi connectivity index (χ1v) is 6.89. The number of nitrogens with zero attached hydrogens (tertiary/aromatic N) is 1. The molecule has 0 aliphatic rings. The van der Waals surface area contributed by atoms with Gasteiger partial charge in [0.2, 0.25) is 0 Å². The van der Waals surface area contributed by atoms with Gasteiger partial charge in [-0.3, -0.25) is 16.0 Å². The molecule has 0 heterocycles. The van der Waals surface area contributed by atoms with Crippen molar-refractivity contribution < 1.29 is 9.59 Å². The zero-order valence-corrected chi connectivity index (χ0v) is 12.7. The van der Waals surface area contributed by atoms with Crippen molar-refractivity contribution >= 4 is 40.8 Å². The van der Waals surface area contributed by atoms with E-state index in [4.69, 9.17) is 29.0 Å². The number of hydrogen-bond donors (Lipinski definition) is 3. The number of hydrazine groups is 2. The molecule has 0 aliphatic carbocycles. The number of imide groups is 1. The first kappa shape index (κ1) is 16.3. The number of halogens is 2. The quantitative estimate of drug-likeness (QED) is 0.593. The van der Waals surface area contributed by atoms with Crippen molar-refractivity contribution in [2.45, 2.75) is 0 Å². The number of carbonyl (C=O) groups is 2. The van der Waals surface area contributed by atoms with Crippen molar-refractivity contribution in [1.82, 2.24) is 10.9 Å². The molecule has 0 aliphatic heterocycles. The van der Waals surface area contributed by atoms with Crippen LogP contribution >= 0.6 is 23.2 Å². The highest BCUT2D eigenvalue weighted by molar-refractivity contribution is 6.35. The zero-order valence-electron chi connectivity index (χ0n) is 11.2. The Morgan fingerprint density at radius 2 is 1.59 bits per heavy atom. The van der Waals surface area contributed by atoms with Crippen molar-refractivity contribution in [2.75, 3.05) is 5.01 Å². The molecule has 0 radical (unpaired) electrons. The van der Waals surface area contributed by atoms with Crippen LogP contribution in [0.2, 0.25) is 10.0 Å². The number of carbonyl (C=O) groups excluding carboxylic acids is 2. The van der Waals surface area contributed by atoms with Gasteiger partial charge in [-0.2, -0.15) is 5.53 Å². The standard InChI is InChI=1S/C14H12Cl2N4O2/c15-10-6-11(16)8-12(7-10)20(19-17)14(22)18-13(21)9-4-2-1-3-5-9/h1-8,19H,17H2,(H,18,21,22). The lowest BCUT2D eigenvalue weighted by atomic mass is 10.2. The molecule has 0 saturated carbocycles. The van der Waals surface area contributed by atoms with Gasteiger partial charge in [-0.05, 0) is 30.3 Å². The molecular formula is C14H12Cl2N4O2. The summed E-state index contributed by atoms with van der Waals surface area (Å²) >= 11 is 11.8. The van der Waals surface area contributed by atoms with Crippen molar-refractivity contribution in [3.05, 3.63) is 64.1 Å². The minimum Gasteiger partial charge on any atom is -0.272 e. The fourth-order valence-corrected chi connectivity index (χ4v) is 2.25. The van der Waals surface area contributed by atoms with E-state index in [1.165, 1.54) is 18.2 Å². The van der Waals surface area contributed by atoms with E-state index in [9.17, 15) is 9.59 Å². The van der Waals surface area contributed by atoms with Crippen LogP contribution in [0.5, 0.6) is 0 Å². The van der Waals surface area contributed by atoms with E-state index < -0.39 is 11.9 Å². The summed E-state index contributed by atoms with van der Waals surface area (Å²) in [7, 11) is 0. The number of benzene rings is 2. The normalized spacial score (nSPS) is 10.1. The third-order valence-electron chi connectivity index (χ3n) is 2.69. The Bertz CT molecular complexity index is 674. The van der Waals surface area contributed by atoms with Crippen molar-refractivity contribution in [3.63, 3.8) is 0 Å². The van der Waals surface area contributed by atoms with Gasteiger partial charge in [0.05, 0.1) is 5.69 Å². The average Bonchev–Trinajstić information content (AvgIpc) is 2.47. The lowest BCUT2D eigenvalue weighted by Gasteiger charge is -2.21. The summed E-state index contributed by atoms with van der Waals surface area (Å²) in [6, 6.07) is 12.0. The third kappa shape index (κ3) is 3.96. The molecule has 0 aromatic heterocycles. The number of hydrogen-bond acceptors (Lipinski definition) is 4. The van der Waals surface area contributed by atoms with Crippen LogP contribution in [0.25, 0.3) is 0 Å². The highest BCUT2D eigenvalue weighted by atomic mass is 35.5. The summed E-state index contributed by atoms with van der Waals surface area (Å²) in [5.41, 5.74) is 2.82. The van der Waals surface area contributed by atoms with Gasteiger partial charge in [0.25, 0.3) is 5.91 Å². The van der Waals surface area contributed by atoms with Crippen molar-refractivity contribution in [3.8, 4) is 0 Å². The molecule has 2 aromatic carbocycles. The first-order chi connectivity index (χ1) is 10.5. The minimum absolute atomic E-state index is 0.290. The summed E-state index contributed by atoms with van der Waals surface area (Å²) in [4.78, 5) is 24.1. The summed E-state index contributed by atoms with van der Waals surface area (Å²) in [6.45, 7) is 0. The third-order valence-corrected chi connectivity index (χ3v) is 3.13. The van der Waals surface area contributed by atoms with E-state index in [0.29, 0.717) is 21.3 Å². The van der Waals surface area contributed by atoms with Crippen LogP contribution in [-0.2, 0) is 0 Å². The largest absolute Gasteiger partial charge is 0.344 e. The van der Waals surface area contributed by atoms with Crippen molar-refractivity contribution in [2.24, 2.45) is 5.84 Å². The number of nitrogens with one attached hydrogen (secondary N) is 2. The van der Waals surface area contributed by atoms with Crippen LogP contribution < -0.4 is 21.7 Å². The summed E-state index contributed by atoms with van der Waals surface area (Å²) in [5.74, 6) is 4.78. The average molecular weight is 339 g/mol. The molecule has 0 saturated heterocycles. The Labute approximate surface area is 136 Å². The van der Waals surface area contributed by atoms with E-state index in [0.717, 1.165) is 5.01 Å². The number of urea groups is 1. The monoisotopic (exact) mass is 338 g/mol. The Hall–Kier alpha value is -2.12. The number of anilines is 1. The van der Waals surface area contributed by atoms with Crippen LogP contribution in [0.15, 0.2) is 48.5 Å². The van der Waals surface area contributed by atoms with Gasteiger partial charge in [0, 0.05) is 15.6 Å². The van der Waals surface area contributed by atoms with E-state index >= 15 is 0 Å². The maximum absolute atomic E-state index is 12.1. The molecule has 114 valence electrons. The number of rotatable bonds is 3. The molecule has 3 amide bonds. The zero-order chi connectivity index (χ0) is 16.1. The highest BCUT2D eigenvalue weighted by Crippen LogP contribution is 2.24. The molecule has 8 heteroatoms. The van der Waals surface area contributed by atoms with E-state index in [1.807, 2.05) is 0 Å². The Kier molecular flexibility index (Phi) is 5.35. The maximum atomic E-state index is 12.1. The first-order valence-electron chi connectivity index (χ1n) is 6.14. The van der Waals surface area contributed by atoms with Gasteiger partial charge in [-0.15, -0.1) is 0 Å². The predicted octanol–water partition coefficient (Wildman–Crippen LogP) is 2.73.